The molecule has 0 aromatic rings. The van der Waals surface area contributed by atoms with E-state index in [2.05, 4.69) is 0 Å². The number of rotatable bonds is 1. The molecule has 2 heterocycles. The topological polar surface area (TPSA) is 83.5 Å². The maximum Gasteiger partial charge on any atom is 0.321 e. The highest BCUT2D eigenvalue weighted by Gasteiger charge is 2.17. The number of carbonyl (C=O) groups excluding carboxylic acids is 2. The fourth-order valence-corrected chi connectivity index (χ4v) is 2.62. The van der Waals surface area contributed by atoms with E-state index in [0.717, 1.165) is 0 Å². The largest absolute Gasteiger partial charge is 0.480 e. The summed E-state index contributed by atoms with van der Waals surface area (Å²) in [6, 6.07) is 0. The van der Waals surface area contributed by atoms with Gasteiger partial charge in [-0.1, -0.05) is 27.7 Å². The first-order valence-electron chi connectivity index (χ1n) is 3.84. The van der Waals surface area contributed by atoms with Crippen LogP contribution in [0.1, 0.15) is 0 Å². The van der Waals surface area contributed by atoms with Gasteiger partial charge in [0, 0.05) is 12.2 Å². The summed E-state index contributed by atoms with van der Waals surface area (Å²) < 4.78 is 0. The predicted molar refractivity (Wildman–Crippen MR) is 58.0 cm³/mol. The number of amides is 2. The van der Waals surface area contributed by atoms with E-state index in [0.29, 0.717) is 0 Å². The quantitative estimate of drug-likeness (QED) is 0.518. The third-order valence-electron chi connectivity index (χ3n) is 1.34. The van der Waals surface area contributed by atoms with Gasteiger partial charge in [-0.05, 0) is 5.41 Å². The van der Waals surface area contributed by atoms with E-state index in [9.17, 15) is 14.4 Å². The number of aliphatic carboxylic acids is 1. The third-order valence-corrected chi connectivity index (χ3v) is 3.58. The standard InChI is InChI=1S/C4H3NO2.C4H4O2S2/c6-3-1-2-4(7)5-3;5-4(6)3-1-2-7-8-3/h1-2H,(H,5,6,7);1-3H,(H,5,6). The molecule has 0 aliphatic carbocycles. The van der Waals surface area contributed by atoms with E-state index in [1.807, 2.05) is 5.32 Å². The molecule has 1 atom stereocenters. The van der Waals surface area contributed by atoms with Gasteiger partial charge in [0.2, 0.25) is 0 Å². The van der Waals surface area contributed by atoms with E-state index < -0.39 is 5.97 Å². The molecule has 0 saturated carbocycles. The van der Waals surface area contributed by atoms with Crippen LogP contribution in [0.25, 0.3) is 0 Å². The molecule has 15 heavy (non-hydrogen) atoms. The lowest BCUT2D eigenvalue weighted by atomic mass is 10.4. The van der Waals surface area contributed by atoms with Crippen LogP contribution in [0, 0.1) is 0 Å². The molecule has 0 fully saturated rings. The molecule has 7 heteroatoms. The van der Waals surface area contributed by atoms with Gasteiger partial charge in [-0.3, -0.25) is 19.7 Å². The summed E-state index contributed by atoms with van der Waals surface area (Å²) in [5, 5.41) is 11.8. The van der Waals surface area contributed by atoms with Crippen molar-refractivity contribution in [1.82, 2.24) is 5.32 Å². The SMILES string of the molecule is O=C(O)C1C=CSS1.O=C1C=CC(=O)N1. The average molecular weight is 245 g/mol. The van der Waals surface area contributed by atoms with Gasteiger partial charge in [-0.2, -0.15) is 0 Å². The molecular formula is C8H7NO4S2. The summed E-state index contributed by atoms with van der Waals surface area (Å²) in [7, 11) is 2.82. The highest BCUT2D eigenvalue weighted by Crippen LogP contribution is 2.35. The van der Waals surface area contributed by atoms with Gasteiger partial charge in [0.1, 0.15) is 5.25 Å². The smallest absolute Gasteiger partial charge is 0.321 e. The summed E-state index contributed by atoms with van der Waals surface area (Å²) >= 11 is 0. The second kappa shape index (κ2) is 5.62. The number of hydrogen-bond acceptors (Lipinski definition) is 5. The van der Waals surface area contributed by atoms with Gasteiger partial charge >= 0.3 is 5.97 Å². The van der Waals surface area contributed by atoms with Crippen molar-refractivity contribution in [3.05, 3.63) is 23.6 Å². The highest BCUT2D eigenvalue weighted by atomic mass is 33.1. The fourth-order valence-electron chi connectivity index (χ4n) is 0.707. The van der Waals surface area contributed by atoms with E-state index in [1.165, 1.54) is 33.7 Å². The molecule has 2 N–H and O–H groups in total. The normalized spacial score (nSPS) is 22.3. The van der Waals surface area contributed by atoms with Crippen molar-refractivity contribution in [2.75, 3.05) is 0 Å². The molecule has 2 aliphatic rings. The number of hydrogen-bond donors (Lipinski definition) is 2. The zero-order chi connectivity index (χ0) is 11.3. The van der Waals surface area contributed by atoms with Crippen LogP contribution >= 0.6 is 21.6 Å². The first kappa shape index (κ1) is 11.9. The van der Waals surface area contributed by atoms with Crippen LogP contribution in [-0.4, -0.2) is 28.1 Å². The first-order valence-corrected chi connectivity index (χ1v) is 6.12. The summed E-state index contributed by atoms with van der Waals surface area (Å²) in [6.45, 7) is 0. The number of carboxylic acid groups (broad SMARTS) is 1. The second-order valence-corrected chi connectivity index (χ2v) is 4.79. The molecule has 80 valence electrons. The number of carboxylic acids is 1. The molecule has 0 aromatic carbocycles. The zero-order valence-corrected chi connectivity index (χ0v) is 9.01. The molecule has 0 bridgehead atoms. The average Bonchev–Trinajstić information content (AvgIpc) is 2.77. The molecule has 0 radical (unpaired) electrons. The van der Waals surface area contributed by atoms with Gasteiger partial charge in [0.15, 0.2) is 0 Å². The Balaban J connectivity index is 0.000000151. The lowest BCUT2D eigenvalue weighted by Gasteiger charge is -1.94. The third kappa shape index (κ3) is 4.22. The minimum absolute atomic E-state index is 0.319. The van der Waals surface area contributed by atoms with E-state index in [4.69, 9.17) is 5.11 Å². The summed E-state index contributed by atoms with van der Waals surface area (Å²) in [5.74, 6) is -1.41. The Morgan fingerprint density at radius 1 is 1.33 bits per heavy atom. The van der Waals surface area contributed by atoms with Gasteiger partial charge in [-0.15, -0.1) is 0 Å². The van der Waals surface area contributed by atoms with Crippen molar-refractivity contribution < 1.29 is 19.5 Å². The summed E-state index contributed by atoms with van der Waals surface area (Å²) in [4.78, 5) is 30.2. The van der Waals surface area contributed by atoms with E-state index in [-0.39, 0.29) is 17.1 Å². The van der Waals surface area contributed by atoms with Crippen molar-refractivity contribution in [3.63, 3.8) is 0 Å². The Hall–Kier alpha value is -1.21. The van der Waals surface area contributed by atoms with Crippen molar-refractivity contribution in [3.8, 4) is 0 Å². The summed E-state index contributed by atoms with van der Waals surface area (Å²) in [5.41, 5.74) is 0. The van der Waals surface area contributed by atoms with Gasteiger partial charge < -0.3 is 5.11 Å². The highest BCUT2D eigenvalue weighted by molar-refractivity contribution is 8.78. The Morgan fingerprint density at radius 3 is 2.13 bits per heavy atom. The molecule has 2 rings (SSSR count). The number of carbonyl (C=O) groups is 3. The number of imide groups is 1. The van der Waals surface area contributed by atoms with Crippen molar-refractivity contribution in [2.45, 2.75) is 5.25 Å². The lowest BCUT2D eigenvalue weighted by molar-refractivity contribution is -0.135. The minimum Gasteiger partial charge on any atom is -0.480 e. The molecule has 2 aliphatic heterocycles. The molecule has 5 nitrogen and oxygen atoms in total. The maximum absolute atomic E-state index is 10.1. The predicted octanol–water partition coefficient (Wildman–Crippen LogP) is 0.547. The van der Waals surface area contributed by atoms with Crippen LogP contribution < -0.4 is 5.32 Å². The van der Waals surface area contributed by atoms with Crippen LogP contribution in [0.4, 0.5) is 0 Å². The van der Waals surface area contributed by atoms with Crippen LogP contribution in [-0.2, 0) is 14.4 Å². The Kier molecular flexibility index (Phi) is 4.44. The summed E-state index contributed by atoms with van der Waals surface area (Å²) in [6.07, 6.45) is 4.07. The second-order valence-electron chi connectivity index (χ2n) is 2.47. The zero-order valence-electron chi connectivity index (χ0n) is 7.38. The van der Waals surface area contributed by atoms with Gasteiger partial charge in [0.05, 0.1) is 0 Å². The van der Waals surface area contributed by atoms with Crippen LogP contribution in [0.2, 0.25) is 0 Å². The maximum atomic E-state index is 10.1. The van der Waals surface area contributed by atoms with Gasteiger partial charge in [-0.25, -0.2) is 0 Å². The Bertz CT molecular complexity index is 335. The minimum atomic E-state index is -0.753. The van der Waals surface area contributed by atoms with Crippen molar-refractivity contribution in [2.24, 2.45) is 0 Å². The van der Waals surface area contributed by atoms with Crippen LogP contribution in [0.5, 0.6) is 0 Å². The lowest BCUT2D eigenvalue weighted by Crippen LogP contribution is -2.19. The Labute approximate surface area is 93.4 Å². The molecule has 2 amide bonds. The fraction of sp³-hybridized carbons (Fsp3) is 0.125. The Morgan fingerprint density at radius 2 is 1.93 bits per heavy atom. The molecule has 0 aromatic heterocycles. The van der Waals surface area contributed by atoms with Crippen molar-refractivity contribution in [1.29, 1.82) is 0 Å². The monoisotopic (exact) mass is 245 g/mol. The van der Waals surface area contributed by atoms with E-state index >= 15 is 0 Å². The number of nitrogens with one attached hydrogen (secondary N) is 1. The molecular weight excluding hydrogens is 238 g/mol. The first-order chi connectivity index (χ1) is 7.09. The molecule has 0 spiro atoms. The molecule has 1 unspecified atom stereocenters. The van der Waals surface area contributed by atoms with Crippen LogP contribution in [0.15, 0.2) is 23.6 Å². The van der Waals surface area contributed by atoms with Crippen LogP contribution in [0.3, 0.4) is 0 Å². The van der Waals surface area contributed by atoms with Crippen molar-refractivity contribution >= 4 is 39.4 Å². The van der Waals surface area contributed by atoms with Gasteiger partial charge in [0.25, 0.3) is 11.8 Å². The molecule has 0 saturated heterocycles. The van der Waals surface area contributed by atoms with E-state index in [1.54, 1.807) is 11.5 Å².